The first-order valence-electron chi connectivity index (χ1n) is 5.01. The largest absolute Gasteiger partial charge is 0.445 e. The summed E-state index contributed by atoms with van der Waals surface area (Å²) in [7, 11) is -4.38. The molecule has 8 heteroatoms. The molecule has 0 spiro atoms. The molecule has 18 heavy (non-hydrogen) atoms. The van der Waals surface area contributed by atoms with Crippen LogP contribution in [0, 0.1) is 0 Å². The third-order valence-corrected chi connectivity index (χ3v) is 3.18. The summed E-state index contributed by atoms with van der Waals surface area (Å²) >= 11 is 0. The normalized spacial score (nSPS) is 12.1. The molecule has 0 atom stereocenters. The summed E-state index contributed by atoms with van der Waals surface area (Å²) in [6, 6.07) is 6.24. The summed E-state index contributed by atoms with van der Waals surface area (Å²) in [6.07, 6.45) is 1.61. The summed E-state index contributed by atoms with van der Waals surface area (Å²) in [4.78, 5) is 29.1. The summed E-state index contributed by atoms with van der Waals surface area (Å²) in [5.74, 6) is 0.634. The van der Waals surface area contributed by atoms with Crippen molar-refractivity contribution in [3.8, 4) is 11.6 Å². The molecular formula is C10H8N3O4P. The van der Waals surface area contributed by atoms with E-state index in [0.717, 1.165) is 5.52 Å². The van der Waals surface area contributed by atoms with Crippen LogP contribution in [0.2, 0.25) is 0 Å². The minimum absolute atomic E-state index is 0.256. The number of imidazole rings is 1. The monoisotopic (exact) mass is 265 g/mol. The molecule has 0 saturated heterocycles. The number of nitrogens with zero attached hydrogens (tertiary/aromatic N) is 2. The van der Waals surface area contributed by atoms with E-state index in [0.29, 0.717) is 11.5 Å². The number of hydrogen-bond donors (Lipinski definition) is 3. The van der Waals surface area contributed by atoms with Gasteiger partial charge in [0.1, 0.15) is 0 Å². The van der Waals surface area contributed by atoms with Gasteiger partial charge in [0.25, 0.3) is 0 Å². The Morgan fingerprint density at radius 3 is 2.78 bits per heavy atom. The Labute approximate surface area is 101 Å². The van der Waals surface area contributed by atoms with Gasteiger partial charge in [-0.05, 0) is 24.3 Å². The topological polar surface area (TPSA) is 112 Å². The van der Waals surface area contributed by atoms with Crippen molar-refractivity contribution in [3.63, 3.8) is 0 Å². The van der Waals surface area contributed by atoms with E-state index in [9.17, 15) is 4.57 Å². The van der Waals surface area contributed by atoms with Crippen LogP contribution < -0.4 is 5.50 Å². The number of H-pyrrole nitrogens is 1. The van der Waals surface area contributed by atoms with Crippen LogP contribution in [-0.2, 0) is 4.57 Å². The highest BCUT2D eigenvalue weighted by atomic mass is 31.2. The molecule has 3 N–H and O–H groups in total. The number of nitrogens with one attached hydrogen (secondary N) is 1. The van der Waals surface area contributed by atoms with Gasteiger partial charge in [-0.25, -0.2) is 9.97 Å². The van der Waals surface area contributed by atoms with E-state index < -0.39 is 7.60 Å². The molecule has 0 aliphatic rings. The minimum Gasteiger partial charge on any atom is -0.445 e. The van der Waals surface area contributed by atoms with Crippen LogP contribution in [0.25, 0.3) is 22.7 Å². The highest BCUT2D eigenvalue weighted by Crippen LogP contribution is 2.35. The number of hydrogen-bond acceptors (Lipinski definition) is 4. The van der Waals surface area contributed by atoms with Gasteiger partial charge >= 0.3 is 7.60 Å². The molecule has 3 rings (SSSR count). The second kappa shape index (κ2) is 3.78. The highest BCUT2D eigenvalue weighted by molar-refractivity contribution is 7.59. The first-order valence-corrected chi connectivity index (χ1v) is 6.62. The Kier molecular flexibility index (Phi) is 2.34. The number of rotatable bonds is 2. The number of furan rings is 1. The predicted molar refractivity (Wildman–Crippen MR) is 63.3 cm³/mol. The second-order valence-corrected chi connectivity index (χ2v) is 5.17. The molecule has 0 radical (unpaired) electrons. The molecule has 7 nitrogen and oxygen atoms in total. The molecule has 0 fully saturated rings. The first kappa shape index (κ1) is 11.2. The van der Waals surface area contributed by atoms with Crippen LogP contribution in [-0.4, -0.2) is 24.7 Å². The maximum atomic E-state index is 11.0. The van der Waals surface area contributed by atoms with Crippen LogP contribution in [0.5, 0.6) is 0 Å². The van der Waals surface area contributed by atoms with Crippen molar-refractivity contribution in [2.45, 2.75) is 0 Å². The standard InChI is InChI=1S/C10H8N3O4P/c14-18(15,16)8-4-3-7(17-8)10-12-6-2-1-5-11-9(6)13-10/h1-5H,(H,11,12,13)(H2,14,15,16). The lowest BCUT2D eigenvalue weighted by Crippen LogP contribution is -1.98. The zero-order valence-corrected chi connectivity index (χ0v) is 9.83. The fourth-order valence-electron chi connectivity index (χ4n) is 1.57. The molecule has 3 heterocycles. The van der Waals surface area contributed by atoms with Gasteiger partial charge in [0, 0.05) is 6.20 Å². The zero-order valence-electron chi connectivity index (χ0n) is 8.94. The Bertz CT molecular complexity index is 724. The summed E-state index contributed by atoms with van der Waals surface area (Å²) < 4.78 is 16.1. The van der Waals surface area contributed by atoms with Gasteiger partial charge in [-0.1, -0.05) is 0 Å². The van der Waals surface area contributed by atoms with Crippen molar-refractivity contribution < 1.29 is 18.8 Å². The SMILES string of the molecule is O=P(O)(O)c1ccc(-c2nc3ncccc3[nH]2)o1. The Morgan fingerprint density at radius 1 is 1.28 bits per heavy atom. The molecular weight excluding hydrogens is 257 g/mol. The zero-order chi connectivity index (χ0) is 12.8. The van der Waals surface area contributed by atoms with Crippen molar-refractivity contribution in [1.82, 2.24) is 15.0 Å². The maximum Gasteiger partial charge on any atom is 0.391 e. The van der Waals surface area contributed by atoms with Crippen molar-refractivity contribution in [2.75, 3.05) is 0 Å². The van der Waals surface area contributed by atoms with Gasteiger partial charge in [0.05, 0.1) is 5.52 Å². The average molecular weight is 265 g/mol. The second-order valence-electron chi connectivity index (χ2n) is 3.64. The van der Waals surface area contributed by atoms with Crippen molar-refractivity contribution in [1.29, 1.82) is 0 Å². The van der Waals surface area contributed by atoms with Crippen LogP contribution in [0.4, 0.5) is 0 Å². The molecule has 0 aliphatic carbocycles. The van der Waals surface area contributed by atoms with Gasteiger partial charge < -0.3 is 19.2 Å². The van der Waals surface area contributed by atoms with Crippen LogP contribution in [0.3, 0.4) is 0 Å². The van der Waals surface area contributed by atoms with Gasteiger partial charge in [-0.2, -0.15) is 0 Å². The fraction of sp³-hybridized carbons (Fsp3) is 0. The van der Waals surface area contributed by atoms with Gasteiger partial charge in [0.2, 0.25) is 5.50 Å². The van der Waals surface area contributed by atoms with E-state index in [2.05, 4.69) is 15.0 Å². The fourth-order valence-corrected chi connectivity index (χ4v) is 2.06. The minimum atomic E-state index is -4.38. The third kappa shape index (κ3) is 1.84. The molecule has 0 saturated carbocycles. The van der Waals surface area contributed by atoms with E-state index in [1.54, 1.807) is 18.3 Å². The van der Waals surface area contributed by atoms with Crippen molar-refractivity contribution in [3.05, 3.63) is 30.5 Å². The van der Waals surface area contributed by atoms with E-state index in [4.69, 9.17) is 14.2 Å². The van der Waals surface area contributed by atoms with Gasteiger partial charge in [0.15, 0.2) is 17.2 Å². The number of aromatic amines is 1. The summed E-state index contributed by atoms with van der Waals surface area (Å²) in [5, 5.41) is 0. The Hall–Kier alpha value is -1.95. The Balaban J connectivity index is 2.09. The van der Waals surface area contributed by atoms with Crippen LogP contribution in [0.1, 0.15) is 0 Å². The third-order valence-electron chi connectivity index (χ3n) is 2.37. The van der Waals surface area contributed by atoms with Crippen molar-refractivity contribution in [2.24, 2.45) is 0 Å². The van der Waals surface area contributed by atoms with Gasteiger partial charge in [-0.15, -0.1) is 0 Å². The first-order chi connectivity index (χ1) is 8.54. The van der Waals surface area contributed by atoms with E-state index in [1.807, 2.05) is 0 Å². The van der Waals surface area contributed by atoms with E-state index in [-0.39, 0.29) is 11.3 Å². The average Bonchev–Trinajstić information content (AvgIpc) is 2.94. The lowest BCUT2D eigenvalue weighted by atomic mass is 10.4. The van der Waals surface area contributed by atoms with Crippen molar-refractivity contribution >= 4 is 24.3 Å². The van der Waals surface area contributed by atoms with E-state index >= 15 is 0 Å². The quantitative estimate of drug-likeness (QED) is 0.596. The molecule has 0 aliphatic heterocycles. The molecule has 0 aromatic carbocycles. The molecule has 92 valence electrons. The van der Waals surface area contributed by atoms with Crippen LogP contribution >= 0.6 is 7.60 Å². The molecule has 3 aromatic rings. The summed E-state index contributed by atoms with van der Waals surface area (Å²) in [6.45, 7) is 0. The summed E-state index contributed by atoms with van der Waals surface area (Å²) in [5.41, 5.74) is 0.856. The number of fused-ring (bicyclic) bond motifs is 1. The van der Waals surface area contributed by atoms with Gasteiger partial charge in [-0.3, -0.25) is 4.57 Å². The highest BCUT2D eigenvalue weighted by Gasteiger charge is 2.23. The molecule has 0 amide bonds. The Morgan fingerprint density at radius 2 is 2.11 bits per heavy atom. The molecule has 0 bridgehead atoms. The number of pyridine rings is 1. The molecule has 0 unspecified atom stereocenters. The predicted octanol–water partition coefficient (Wildman–Crippen LogP) is 1.02. The lowest BCUT2D eigenvalue weighted by Gasteiger charge is -1.96. The lowest BCUT2D eigenvalue weighted by molar-refractivity contribution is 0.377. The smallest absolute Gasteiger partial charge is 0.391 e. The van der Waals surface area contributed by atoms with E-state index in [1.165, 1.54) is 12.1 Å². The molecule has 3 aromatic heterocycles. The number of aromatic nitrogens is 3. The maximum absolute atomic E-state index is 11.0. The van der Waals surface area contributed by atoms with Crippen LogP contribution in [0.15, 0.2) is 34.9 Å².